The Morgan fingerprint density at radius 3 is 2.31 bits per heavy atom. The van der Waals surface area contributed by atoms with Crippen molar-refractivity contribution in [3.63, 3.8) is 0 Å². The summed E-state index contributed by atoms with van der Waals surface area (Å²) in [6, 6.07) is 53.4. The number of fused-ring (bicyclic) bond motifs is 9. The lowest BCUT2D eigenvalue weighted by molar-refractivity contribution is 0.329. The van der Waals surface area contributed by atoms with Crippen LogP contribution in [0.1, 0.15) is 83.0 Å². The fourth-order valence-corrected chi connectivity index (χ4v) is 12.1. The van der Waals surface area contributed by atoms with Crippen molar-refractivity contribution in [3.8, 4) is 11.1 Å². The highest BCUT2D eigenvalue weighted by atomic mass is 16.3. The third-order valence-corrected chi connectivity index (χ3v) is 15.5. The molecule has 0 amide bonds. The number of hydrogen-bond acceptors (Lipinski definition) is 3. The number of aliphatic imine (C=N–C) groups is 2. The number of benzene rings is 7. The Balaban J connectivity index is 1.02. The van der Waals surface area contributed by atoms with Gasteiger partial charge in [-0.25, -0.2) is 9.98 Å². The van der Waals surface area contributed by atoms with Crippen molar-refractivity contribution in [1.29, 1.82) is 0 Å². The van der Waals surface area contributed by atoms with Crippen molar-refractivity contribution in [3.05, 3.63) is 232 Å². The molecule has 4 aliphatic carbocycles. The number of hydrogen-bond donors (Lipinski definition) is 0. The highest BCUT2D eigenvalue weighted by Crippen LogP contribution is 2.51. The third kappa shape index (κ3) is 7.20. The van der Waals surface area contributed by atoms with E-state index >= 15 is 0 Å². The van der Waals surface area contributed by atoms with E-state index in [1.54, 1.807) is 5.57 Å². The van der Waals surface area contributed by atoms with Crippen molar-refractivity contribution in [2.45, 2.75) is 51.4 Å². The summed E-state index contributed by atoms with van der Waals surface area (Å²) < 4.78 is 7.10. The van der Waals surface area contributed by atoms with Gasteiger partial charge in [0, 0.05) is 33.4 Å². The topological polar surface area (TPSA) is 37.9 Å². The number of nitrogens with zero attached hydrogens (tertiary/aromatic N) is 2. The zero-order valence-corrected chi connectivity index (χ0v) is 37.9. The van der Waals surface area contributed by atoms with Crippen LogP contribution < -0.4 is 0 Å². The summed E-state index contributed by atoms with van der Waals surface area (Å²) in [6.45, 7) is 2.35. The van der Waals surface area contributed by atoms with E-state index in [1.165, 1.54) is 44.2 Å². The third-order valence-electron chi connectivity index (χ3n) is 15.5. The molecule has 3 heteroatoms. The molecule has 3 unspecified atom stereocenters. The molecule has 0 spiro atoms. The van der Waals surface area contributed by atoms with E-state index in [4.69, 9.17) is 14.4 Å². The van der Waals surface area contributed by atoms with Crippen LogP contribution in [0, 0.1) is 23.7 Å². The highest BCUT2D eigenvalue weighted by Gasteiger charge is 2.40. The fraction of sp³-hybridized carbons (Fsp3) is 0.188. The van der Waals surface area contributed by atoms with E-state index in [-0.39, 0.29) is 5.92 Å². The second kappa shape index (κ2) is 16.5. The molecule has 5 aliphatic rings. The van der Waals surface area contributed by atoms with E-state index < -0.39 is 0 Å². The molecule has 1 aromatic heterocycles. The summed E-state index contributed by atoms with van der Waals surface area (Å²) in [4.78, 5) is 11.4. The number of rotatable bonds is 5. The minimum Gasteiger partial charge on any atom is -0.456 e. The molecule has 1 aliphatic heterocycles. The van der Waals surface area contributed by atoms with E-state index in [0.717, 1.165) is 100.0 Å². The highest BCUT2D eigenvalue weighted by molar-refractivity contribution is 6.23. The van der Waals surface area contributed by atoms with E-state index in [0.29, 0.717) is 23.7 Å². The average Bonchev–Trinajstić information content (AvgIpc) is 3.65. The van der Waals surface area contributed by atoms with Gasteiger partial charge in [0.2, 0.25) is 0 Å². The zero-order valence-electron chi connectivity index (χ0n) is 37.9. The van der Waals surface area contributed by atoms with Crippen LogP contribution in [0.5, 0.6) is 0 Å². The van der Waals surface area contributed by atoms with Crippen LogP contribution in [0.2, 0.25) is 0 Å². The Kier molecular flexibility index (Phi) is 9.84. The maximum absolute atomic E-state index is 7.10. The predicted molar refractivity (Wildman–Crippen MR) is 281 cm³/mol. The monoisotopic (exact) mass is 864 g/mol. The molecule has 0 saturated heterocycles. The average molecular weight is 865 g/mol. The van der Waals surface area contributed by atoms with Crippen molar-refractivity contribution in [2.24, 2.45) is 33.7 Å². The molecular weight excluding hydrogens is 813 g/mol. The molecule has 0 radical (unpaired) electrons. The van der Waals surface area contributed by atoms with Crippen LogP contribution in [0.3, 0.4) is 0 Å². The lowest BCUT2D eigenvalue weighted by Crippen LogP contribution is -2.28. The van der Waals surface area contributed by atoms with Gasteiger partial charge < -0.3 is 4.42 Å². The lowest BCUT2D eigenvalue weighted by Gasteiger charge is -2.36. The normalized spacial score (nSPS) is 24.4. The van der Waals surface area contributed by atoms with Crippen LogP contribution in [-0.2, 0) is 12.8 Å². The summed E-state index contributed by atoms with van der Waals surface area (Å²) in [5.41, 5.74) is 17.9. The van der Waals surface area contributed by atoms with Crippen molar-refractivity contribution >= 4 is 62.1 Å². The van der Waals surface area contributed by atoms with Gasteiger partial charge >= 0.3 is 0 Å². The molecule has 8 aromatic rings. The molecule has 324 valence electrons. The fourth-order valence-electron chi connectivity index (χ4n) is 12.1. The van der Waals surface area contributed by atoms with Crippen LogP contribution in [-0.4, -0.2) is 11.5 Å². The molecule has 1 saturated carbocycles. The maximum Gasteiger partial charge on any atom is 0.160 e. The lowest BCUT2D eigenvalue weighted by atomic mass is 9.68. The van der Waals surface area contributed by atoms with Gasteiger partial charge in [0.05, 0.1) is 11.4 Å². The summed E-state index contributed by atoms with van der Waals surface area (Å²) in [5.74, 6) is 2.36. The molecule has 13 rings (SSSR count). The molecule has 67 heavy (non-hydrogen) atoms. The second-order valence-corrected chi connectivity index (χ2v) is 19.5. The van der Waals surface area contributed by atoms with Gasteiger partial charge in [-0.3, -0.25) is 0 Å². The van der Waals surface area contributed by atoms with Gasteiger partial charge in [-0.05, 0) is 148 Å². The number of allylic oxidation sites excluding steroid dienone is 7. The molecule has 0 bridgehead atoms. The number of furan rings is 1. The Hall–Kier alpha value is -7.36. The first kappa shape index (κ1) is 40.0. The first-order chi connectivity index (χ1) is 33.1. The van der Waals surface area contributed by atoms with E-state index in [1.807, 2.05) is 0 Å². The second-order valence-electron chi connectivity index (χ2n) is 19.5. The van der Waals surface area contributed by atoms with Gasteiger partial charge in [0.1, 0.15) is 11.2 Å². The molecule has 5 atom stereocenters. The first-order valence-electron chi connectivity index (χ1n) is 24.4. The van der Waals surface area contributed by atoms with Gasteiger partial charge in [0.25, 0.3) is 0 Å². The summed E-state index contributed by atoms with van der Waals surface area (Å²) >= 11 is 0. The summed E-state index contributed by atoms with van der Waals surface area (Å²) in [6.07, 6.45) is 25.2. The van der Waals surface area contributed by atoms with Gasteiger partial charge in [-0.15, -0.1) is 0 Å². The first-order valence-corrected chi connectivity index (χ1v) is 24.4. The molecule has 7 aromatic carbocycles. The van der Waals surface area contributed by atoms with Crippen molar-refractivity contribution in [2.75, 3.05) is 0 Å². The van der Waals surface area contributed by atoms with Crippen molar-refractivity contribution in [1.82, 2.24) is 0 Å². The Morgan fingerprint density at radius 2 is 1.40 bits per heavy atom. The molecule has 2 heterocycles. The molecule has 0 N–H and O–H groups in total. The Labute approximate surface area is 393 Å². The smallest absolute Gasteiger partial charge is 0.160 e. The van der Waals surface area contributed by atoms with Crippen LogP contribution in [0.4, 0.5) is 0 Å². The number of amidine groups is 1. The van der Waals surface area contributed by atoms with Gasteiger partial charge in [-0.1, -0.05) is 170 Å². The molecule has 3 nitrogen and oxygen atoms in total. The largest absolute Gasteiger partial charge is 0.456 e. The van der Waals surface area contributed by atoms with Gasteiger partial charge in [0.15, 0.2) is 5.84 Å². The molecule has 1 fully saturated rings. The van der Waals surface area contributed by atoms with Crippen LogP contribution in [0.25, 0.3) is 61.7 Å². The van der Waals surface area contributed by atoms with E-state index in [9.17, 15) is 0 Å². The predicted octanol–water partition coefficient (Wildman–Crippen LogP) is 16.2. The summed E-state index contributed by atoms with van der Waals surface area (Å²) in [7, 11) is 0. The van der Waals surface area contributed by atoms with Crippen LogP contribution in [0.15, 0.2) is 202 Å². The molecular formula is C64H52N2O. The van der Waals surface area contributed by atoms with Crippen LogP contribution >= 0.6 is 0 Å². The van der Waals surface area contributed by atoms with Gasteiger partial charge in [-0.2, -0.15) is 0 Å². The Morgan fingerprint density at radius 1 is 0.597 bits per heavy atom. The standard InChI is InChI=1S/C64H52N2O/c1-40-26-31-59(50-28-27-42-16-5-6-17-43(42)33-50)65-64(51-23-13-22-44(34-51)41-14-3-2-4-15-41)66-63(40)58-37-52(39-61-62(58)57-36-47-20-9-10-21-48(47)38-60(57)67-61)53-30-29-49-32-45-18-7-8-19-46(45)35-56(49)55-25-12-11-24-54(53)55/h2-9,11-20,22-25,27-28,31-34,36-40,53-56H,10,21,26,29-30,35H2,1H3/b59-31+,65-64-,66-63+/t40-,53+,54?,55?,56?/m1/s1. The minimum absolute atomic E-state index is 0.0742. The SMILES string of the molecule is C[C@@H]1C/C=C(c2ccc3ccccc3c2)/N=C(c2cccc(-c3ccccc3)c2)\N=C/1c1cc([C@@H]2CCC3=Cc4ccccc4CC3C3C=CC=CC32)cc2oc3cc4c(cc3c12)C=CCC4. The zero-order chi connectivity index (χ0) is 44.4. The summed E-state index contributed by atoms with van der Waals surface area (Å²) in [5, 5.41) is 4.73. The maximum atomic E-state index is 7.10. The van der Waals surface area contributed by atoms with E-state index in [2.05, 4.69) is 201 Å². The minimum atomic E-state index is 0.0742. The number of aryl methyl sites for hydroxylation is 1. The quantitative estimate of drug-likeness (QED) is 0.170. The van der Waals surface area contributed by atoms with Crippen molar-refractivity contribution < 1.29 is 4.42 Å². The Bertz CT molecular complexity index is 3520.